The summed E-state index contributed by atoms with van der Waals surface area (Å²) < 4.78 is 27.9. The second-order valence-electron chi connectivity index (χ2n) is 4.97. The number of methoxy groups -OCH3 is 1. The molecule has 0 saturated heterocycles. The van der Waals surface area contributed by atoms with Crippen molar-refractivity contribution in [2.75, 3.05) is 18.6 Å². The Morgan fingerprint density at radius 3 is 2.38 bits per heavy atom. The van der Waals surface area contributed by atoms with Gasteiger partial charge in [-0.1, -0.05) is 19.1 Å². The molecule has 0 amide bonds. The molecule has 21 heavy (non-hydrogen) atoms. The van der Waals surface area contributed by atoms with Gasteiger partial charge < -0.3 is 9.84 Å². The second kappa shape index (κ2) is 8.02. The number of carboxylic acid groups (broad SMARTS) is 1. The van der Waals surface area contributed by atoms with Gasteiger partial charge in [-0.05, 0) is 37.0 Å². The predicted octanol–water partition coefficient (Wildman–Crippen LogP) is 2.15. The Morgan fingerprint density at radius 2 is 1.90 bits per heavy atom. The number of hydrogen-bond donors (Lipinski definition) is 1. The van der Waals surface area contributed by atoms with Crippen LogP contribution in [0.25, 0.3) is 0 Å². The van der Waals surface area contributed by atoms with E-state index < -0.39 is 21.7 Å². The summed E-state index contributed by atoms with van der Waals surface area (Å²) in [5.74, 6) is -0.580. The van der Waals surface area contributed by atoms with Crippen LogP contribution in [-0.4, -0.2) is 38.1 Å². The van der Waals surface area contributed by atoms with Crippen molar-refractivity contribution < 1.29 is 23.1 Å². The smallest absolute Gasteiger partial charge is 0.306 e. The third kappa shape index (κ3) is 6.16. The Hall–Kier alpha value is -1.56. The Labute approximate surface area is 125 Å². The van der Waals surface area contributed by atoms with Crippen molar-refractivity contribution in [1.82, 2.24) is 0 Å². The number of rotatable bonds is 9. The van der Waals surface area contributed by atoms with Crippen LogP contribution in [0.3, 0.4) is 0 Å². The average Bonchev–Trinajstić information content (AvgIpc) is 2.46. The SMILES string of the molecule is CCS(=O)(=O)CCCC(Cc1ccc(OC)cc1)C(=O)O. The zero-order valence-electron chi connectivity index (χ0n) is 12.4. The van der Waals surface area contributed by atoms with Crippen molar-refractivity contribution in [2.45, 2.75) is 26.2 Å². The van der Waals surface area contributed by atoms with E-state index in [4.69, 9.17) is 4.74 Å². The molecule has 0 radical (unpaired) electrons. The lowest BCUT2D eigenvalue weighted by atomic mass is 9.95. The van der Waals surface area contributed by atoms with Gasteiger partial charge >= 0.3 is 5.97 Å². The van der Waals surface area contributed by atoms with Crippen molar-refractivity contribution in [3.63, 3.8) is 0 Å². The summed E-state index contributed by atoms with van der Waals surface area (Å²) in [4.78, 5) is 11.3. The molecule has 1 N–H and O–H groups in total. The number of ether oxygens (including phenoxy) is 1. The lowest BCUT2D eigenvalue weighted by Gasteiger charge is -2.12. The van der Waals surface area contributed by atoms with Crippen LogP contribution in [0.5, 0.6) is 5.75 Å². The number of hydrogen-bond acceptors (Lipinski definition) is 4. The first kappa shape index (κ1) is 17.5. The number of sulfone groups is 1. The molecular weight excluding hydrogens is 292 g/mol. The molecule has 0 aliphatic heterocycles. The molecule has 6 heteroatoms. The molecule has 1 aromatic carbocycles. The first-order valence-corrected chi connectivity index (χ1v) is 8.76. The predicted molar refractivity (Wildman–Crippen MR) is 81.4 cm³/mol. The molecule has 118 valence electrons. The van der Waals surface area contributed by atoms with Gasteiger partial charge in [0.15, 0.2) is 0 Å². The standard InChI is InChI=1S/C15H22O5S/c1-3-21(18,19)10-4-5-13(15(16)17)11-12-6-8-14(20-2)9-7-12/h6-9,13H,3-5,10-11H2,1-2H3,(H,16,17). The van der Waals surface area contributed by atoms with Crippen molar-refractivity contribution >= 4 is 15.8 Å². The van der Waals surface area contributed by atoms with Gasteiger partial charge in [0.25, 0.3) is 0 Å². The molecule has 1 aromatic rings. The summed E-state index contributed by atoms with van der Waals surface area (Å²) in [6.07, 6.45) is 1.13. The maximum atomic E-state index is 11.4. The van der Waals surface area contributed by atoms with E-state index in [1.54, 1.807) is 26.2 Å². The molecule has 0 saturated carbocycles. The quantitative estimate of drug-likeness (QED) is 0.755. The minimum atomic E-state index is -3.03. The summed E-state index contributed by atoms with van der Waals surface area (Å²) >= 11 is 0. The molecule has 0 aliphatic carbocycles. The molecule has 0 fully saturated rings. The van der Waals surface area contributed by atoms with Gasteiger partial charge in [0.05, 0.1) is 18.8 Å². The van der Waals surface area contributed by atoms with Gasteiger partial charge in [-0.2, -0.15) is 0 Å². The normalized spacial score (nSPS) is 12.9. The highest BCUT2D eigenvalue weighted by atomic mass is 32.2. The van der Waals surface area contributed by atoms with E-state index in [0.717, 1.165) is 11.3 Å². The topological polar surface area (TPSA) is 80.7 Å². The molecular formula is C15H22O5S. The Morgan fingerprint density at radius 1 is 1.29 bits per heavy atom. The third-order valence-corrected chi connectivity index (χ3v) is 5.23. The van der Waals surface area contributed by atoms with Crippen LogP contribution in [0.1, 0.15) is 25.3 Å². The van der Waals surface area contributed by atoms with Crippen molar-refractivity contribution in [3.8, 4) is 5.75 Å². The third-order valence-electron chi connectivity index (χ3n) is 3.44. The van der Waals surface area contributed by atoms with Gasteiger partial charge in [0, 0.05) is 5.75 Å². The molecule has 1 rings (SSSR count). The van der Waals surface area contributed by atoms with E-state index in [2.05, 4.69) is 0 Å². The highest BCUT2D eigenvalue weighted by Gasteiger charge is 2.19. The van der Waals surface area contributed by atoms with E-state index >= 15 is 0 Å². The van der Waals surface area contributed by atoms with Gasteiger partial charge in [-0.15, -0.1) is 0 Å². The van der Waals surface area contributed by atoms with Crippen molar-refractivity contribution in [3.05, 3.63) is 29.8 Å². The summed E-state index contributed by atoms with van der Waals surface area (Å²) in [6, 6.07) is 7.24. The second-order valence-corrected chi connectivity index (χ2v) is 7.44. The zero-order valence-corrected chi connectivity index (χ0v) is 13.2. The Balaban J connectivity index is 2.59. The van der Waals surface area contributed by atoms with Crippen molar-refractivity contribution in [2.24, 2.45) is 5.92 Å². The lowest BCUT2D eigenvalue weighted by Crippen LogP contribution is -2.18. The molecule has 5 nitrogen and oxygen atoms in total. The summed E-state index contributed by atoms with van der Waals surface area (Å²) in [5, 5.41) is 9.25. The summed E-state index contributed by atoms with van der Waals surface area (Å²) in [5.41, 5.74) is 0.904. The Bertz CT molecular complexity index is 548. The van der Waals surface area contributed by atoms with E-state index in [-0.39, 0.29) is 11.5 Å². The highest BCUT2D eigenvalue weighted by Crippen LogP contribution is 2.18. The molecule has 0 heterocycles. The minimum absolute atomic E-state index is 0.0515. The van der Waals surface area contributed by atoms with Crippen LogP contribution in [0, 0.1) is 5.92 Å². The van der Waals surface area contributed by atoms with Crippen LogP contribution >= 0.6 is 0 Å². The first-order valence-electron chi connectivity index (χ1n) is 6.94. The van der Waals surface area contributed by atoms with Crippen LogP contribution in [0.15, 0.2) is 24.3 Å². The molecule has 1 unspecified atom stereocenters. The fourth-order valence-electron chi connectivity index (χ4n) is 2.05. The van der Waals surface area contributed by atoms with E-state index in [9.17, 15) is 18.3 Å². The number of carbonyl (C=O) groups is 1. The van der Waals surface area contributed by atoms with Gasteiger partial charge in [0.2, 0.25) is 0 Å². The van der Waals surface area contributed by atoms with Gasteiger partial charge in [-0.25, -0.2) is 8.42 Å². The monoisotopic (exact) mass is 314 g/mol. The van der Waals surface area contributed by atoms with Crippen LogP contribution in [0.2, 0.25) is 0 Å². The van der Waals surface area contributed by atoms with Crippen LogP contribution in [-0.2, 0) is 21.1 Å². The molecule has 0 aliphatic rings. The zero-order chi connectivity index (χ0) is 15.9. The van der Waals surface area contributed by atoms with Gasteiger partial charge in [0.1, 0.15) is 15.6 Å². The number of benzene rings is 1. The maximum absolute atomic E-state index is 11.4. The Kier molecular flexibility index (Phi) is 6.68. The highest BCUT2D eigenvalue weighted by molar-refractivity contribution is 7.91. The van der Waals surface area contributed by atoms with E-state index in [0.29, 0.717) is 19.3 Å². The largest absolute Gasteiger partial charge is 0.497 e. The van der Waals surface area contributed by atoms with Crippen LogP contribution in [0.4, 0.5) is 0 Å². The minimum Gasteiger partial charge on any atom is -0.497 e. The molecule has 1 atom stereocenters. The molecule has 0 aromatic heterocycles. The first-order chi connectivity index (χ1) is 9.88. The maximum Gasteiger partial charge on any atom is 0.306 e. The summed E-state index contributed by atoms with van der Waals surface area (Å²) in [6.45, 7) is 1.60. The molecule has 0 spiro atoms. The van der Waals surface area contributed by atoms with Gasteiger partial charge in [-0.3, -0.25) is 4.79 Å². The van der Waals surface area contributed by atoms with Crippen LogP contribution < -0.4 is 4.74 Å². The number of carboxylic acids is 1. The number of aliphatic carboxylic acids is 1. The van der Waals surface area contributed by atoms with E-state index in [1.807, 2.05) is 12.1 Å². The molecule has 0 bridgehead atoms. The summed E-state index contributed by atoms with van der Waals surface area (Å²) in [7, 11) is -1.46. The lowest BCUT2D eigenvalue weighted by molar-refractivity contribution is -0.141. The fraction of sp³-hybridized carbons (Fsp3) is 0.533. The fourth-order valence-corrected chi connectivity index (χ4v) is 2.95. The average molecular weight is 314 g/mol. The van der Waals surface area contributed by atoms with E-state index in [1.165, 1.54) is 0 Å². The van der Waals surface area contributed by atoms with Crippen molar-refractivity contribution in [1.29, 1.82) is 0 Å².